The van der Waals surface area contributed by atoms with Crippen molar-refractivity contribution in [1.82, 2.24) is 10.3 Å². The number of nitrogens with zero attached hydrogens (tertiary/aromatic N) is 1. The molecule has 1 aromatic carbocycles. The fourth-order valence-electron chi connectivity index (χ4n) is 1.92. The van der Waals surface area contributed by atoms with E-state index in [0.29, 0.717) is 5.56 Å². The summed E-state index contributed by atoms with van der Waals surface area (Å²) in [6.07, 6.45) is -3.05. The number of carbonyl (C=O) groups excluding carboxylic acids is 2. The normalized spacial score (nSPS) is 11.0. The van der Waals surface area contributed by atoms with Crippen LogP contribution in [0.2, 0.25) is 0 Å². The van der Waals surface area contributed by atoms with Crippen LogP contribution in [-0.2, 0) is 11.4 Å². The highest BCUT2D eigenvalue weighted by atomic mass is 19.4. The highest BCUT2D eigenvalue weighted by Gasteiger charge is 2.28. The van der Waals surface area contributed by atoms with E-state index < -0.39 is 24.6 Å². The third kappa shape index (κ3) is 6.59. The number of aromatic nitrogens is 1. The second kappa shape index (κ2) is 8.99. The van der Waals surface area contributed by atoms with Gasteiger partial charge in [0.25, 0.3) is 5.91 Å². The third-order valence-corrected chi connectivity index (χ3v) is 3.14. The van der Waals surface area contributed by atoms with E-state index in [1.54, 1.807) is 6.07 Å². The van der Waals surface area contributed by atoms with Gasteiger partial charge in [0.2, 0.25) is 5.91 Å². The van der Waals surface area contributed by atoms with E-state index in [0.717, 1.165) is 0 Å². The number of ether oxygens (including phenoxy) is 2. The predicted molar refractivity (Wildman–Crippen MR) is 88.1 cm³/mol. The Morgan fingerprint density at radius 2 is 1.81 bits per heavy atom. The Morgan fingerprint density at radius 3 is 2.44 bits per heavy atom. The zero-order valence-corrected chi connectivity index (χ0v) is 14.0. The van der Waals surface area contributed by atoms with Gasteiger partial charge in [-0.2, -0.15) is 13.2 Å². The van der Waals surface area contributed by atoms with Crippen LogP contribution >= 0.6 is 0 Å². The van der Waals surface area contributed by atoms with E-state index in [9.17, 15) is 22.8 Å². The van der Waals surface area contributed by atoms with Gasteiger partial charge in [-0.25, -0.2) is 4.98 Å². The van der Waals surface area contributed by atoms with Crippen LogP contribution in [0.3, 0.4) is 0 Å². The summed E-state index contributed by atoms with van der Waals surface area (Å²) < 4.78 is 46.5. The van der Waals surface area contributed by atoms with Gasteiger partial charge in [-0.3, -0.25) is 14.9 Å². The summed E-state index contributed by atoms with van der Waals surface area (Å²) in [6.45, 7) is -1.70. The number of rotatable bonds is 7. The van der Waals surface area contributed by atoms with Gasteiger partial charge in [-0.05, 0) is 29.8 Å². The number of nitrogens with two attached hydrogens (primary N) is 1. The van der Waals surface area contributed by atoms with Crippen LogP contribution < -0.4 is 20.5 Å². The molecule has 144 valence electrons. The number of nitrogens with one attached hydrogen (secondary N) is 1. The van der Waals surface area contributed by atoms with E-state index in [4.69, 9.17) is 10.5 Å². The van der Waals surface area contributed by atoms with Crippen molar-refractivity contribution in [3.63, 3.8) is 0 Å². The van der Waals surface area contributed by atoms with Crippen molar-refractivity contribution in [2.75, 3.05) is 13.2 Å². The molecule has 0 unspecified atom stereocenters. The molecule has 0 aliphatic rings. The molecule has 27 heavy (non-hydrogen) atoms. The highest BCUT2D eigenvalue weighted by molar-refractivity contribution is 6.05. The number of alkyl halides is 3. The summed E-state index contributed by atoms with van der Waals surface area (Å²) in [7, 11) is 0. The maximum Gasteiger partial charge on any atom is 0.422 e. The minimum Gasteiger partial charge on any atom is -0.486 e. The zero-order chi connectivity index (χ0) is 19.9. The summed E-state index contributed by atoms with van der Waals surface area (Å²) in [6, 6.07) is 8.85. The highest BCUT2D eigenvalue weighted by Crippen LogP contribution is 2.20. The first-order valence-corrected chi connectivity index (χ1v) is 7.69. The Balaban J connectivity index is 1.98. The lowest BCUT2D eigenvalue weighted by Crippen LogP contribution is -2.36. The first-order chi connectivity index (χ1) is 12.8. The van der Waals surface area contributed by atoms with Crippen molar-refractivity contribution < 1.29 is 32.2 Å². The molecule has 0 atom stereocenters. The quantitative estimate of drug-likeness (QED) is 0.756. The van der Waals surface area contributed by atoms with Gasteiger partial charge >= 0.3 is 6.18 Å². The monoisotopic (exact) mass is 383 g/mol. The van der Waals surface area contributed by atoms with Crippen molar-refractivity contribution in [3.05, 3.63) is 53.9 Å². The van der Waals surface area contributed by atoms with Gasteiger partial charge in [-0.1, -0.05) is 12.1 Å². The molecule has 1 heterocycles. The SMILES string of the molecule is NCC(=O)NC(=O)c1ncccc1OCc1ccc(OCC(F)(F)F)cc1. The van der Waals surface area contributed by atoms with Crippen LogP contribution in [-0.4, -0.2) is 36.1 Å². The fourth-order valence-corrected chi connectivity index (χ4v) is 1.92. The van der Waals surface area contributed by atoms with Gasteiger partial charge < -0.3 is 15.2 Å². The first kappa shape index (κ1) is 20.2. The average molecular weight is 383 g/mol. The van der Waals surface area contributed by atoms with Crippen LogP contribution in [0, 0.1) is 0 Å². The number of hydrogen-bond acceptors (Lipinski definition) is 6. The molecular weight excluding hydrogens is 367 g/mol. The van der Waals surface area contributed by atoms with Crippen molar-refractivity contribution >= 4 is 11.8 Å². The van der Waals surface area contributed by atoms with Crippen LogP contribution in [0.25, 0.3) is 0 Å². The second-order valence-electron chi connectivity index (χ2n) is 5.27. The average Bonchev–Trinajstić information content (AvgIpc) is 2.65. The Bertz CT molecular complexity index is 795. The van der Waals surface area contributed by atoms with Crippen molar-refractivity contribution in [3.8, 4) is 11.5 Å². The molecule has 0 aliphatic heterocycles. The van der Waals surface area contributed by atoms with Crippen LogP contribution in [0.1, 0.15) is 16.1 Å². The summed E-state index contributed by atoms with van der Waals surface area (Å²) in [5.74, 6) is -1.21. The van der Waals surface area contributed by atoms with Crippen molar-refractivity contribution in [1.29, 1.82) is 0 Å². The maximum absolute atomic E-state index is 12.1. The molecule has 2 aromatic rings. The smallest absolute Gasteiger partial charge is 0.422 e. The number of carbonyl (C=O) groups is 2. The van der Waals surface area contributed by atoms with Gasteiger partial charge in [0.15, 0.2) is 18.1 Å². The maximum atomic E-state index is 12.1. The van der Waals surface area contributed by atoms with Crippen LogP contribution in [0.15, 0.2) is 42.6 Å². The Morgan fingerprint density at radius 1 is 1.11 bits per heavy atom. The molecule has 0 bridgehead atoms. The summed E-state index contributed by atoms with van der Waals surface area (Å²) in [5, 5.41) is 2.06. The minimum atomic E-state index is -4.41. The fraction of sp³-hybridized carbons (Fsp3) is 0.235. The molecule has 2 amide bonds. The topological polar surface area (TPSA) is 104 Å². The van der Waals surface area contributed by atoms with Crippen molar-refractivity contribution in [2.45, 2.75) is 12.8 Å². The van der Waals surface area contributed by atoms with Gasteiger partial charge in [0, 0.05) is 6.20 Å². The Labute approximate surface area is 152 Å². The van der Waals surface area contributed by atoms with Gasteiger partial charge in [0.05, 0.1) is 6.54 Å². The van der Waals surface area contributed by atoms with E-state index in [1.165, 1.54) is 36.5 Å². The summed E-state index contributed by atoms with van der Waals surface area (Å²) in [5.41, 5.74) is 5.67. The number of imide groups is 1. The molecule has 0 saturated heterocycles. The van der Waals surface area contributed by atoms with E-state index in [-0.39, 0.29) is 30.3 Å². The molecule has 7 nitrogen and oxygen atoms in total. The summed E-state index contributed by atoms with van der Waals surface area (Å²) >= 11 is 0. The minimum absolute atomic E-state index is 0.0242. The molecule has 10 heteroatoms. The molecule has 2 rings (SSSR count). The van der Waals surface area contributed by atoms with Crippen molar-refractivity contribution in [2.24, 2.45) is 5.73 Å². The predicted octanol–water partition coefficient (Wildman–Crippen LogP) is 1.82. The number of pyridine rings is 1. The Kier molecular flexibility index (Phi) is 6.72. The number of amides is 2. The molecular formula is C17H16F3N3O4. The number of benzene rings is 1. The van der Waals surface area contributed by atoms with Gasteiger partial charge in [-0.15, -0.1) is 0 Å². The molecule has 3 N–H and O–H groups in total. The second-order valence-corrected chi connectivity index (χ2v) is 5.27. The standard InChI is InChI=1S/C17H16F3N3O4/c18-17(19,20)10-27-12-5-3-11(4-6-12)9-26-13-2-1-7-22-15(13)16(25)23-14(24)8-21/h1-7H,8-10,21H2,(H,23,24,25). The third-order valence-electron chi connectivity index (χ3n) is 3.14. The number of hydrogen-bond donors (Lipinski definition) is 2. The van der Waals surface area contributed by atoms with E-state index >= 15 is 0 Å². The van der Waals surface area contributed by atoms with E-state index in [1.807, 2.05) is 0 Å². The van der Waals surface area contributed by atoms with E-state index in [2.05, 4.69) is 15.0 Å². The molecule has 0 aliphatic carbocycles. The first-order valence-electron chi connectivity index (χ1n) is 7.69. The molecule has 1 aromatic heterocycles. The van der Waals surface area contributed by atoms with Crippen LogP contribution in [0.4, 0.5) is 13.2 Å². The number of halogens is 3. The molecule has 0 radical (unpaired) electrons. The summed E-state index contributed by atoms with van der Waals surface area (Å²) in [4.78, 5) is 27.1. The zero-order valence-electron chi connectivity index (χ0n) is 14.0. The lowest BCUT2D eigenvalue weighted by atomic mass is 10.2. The van der Waals surface area contributed by atoms with Crippen LogP contribution in [0.5, 0.6) is 11.5 Å². The van der Waals surface area contributed by atoms with Gasteiger partial charge in [0.1, 0.15) is 12.4 Å². The molecule has 0 fully saturated rings. The molecule has 0 saturated carbocycles. The lowest BCUT2D eigenvalue weighted by molar-refractivity contribution is -0.153. The Hall–Kier alpha value is -3.14. The molecule has 0 spiro atoms. The largest absolute Gasteiger partial charge is 0.486 e. The lowest BCUT2D eigenvalue weighted by Gasteiger charge is -2.11.